The lowest BCUT2D eigenvalue weighted by Crippen LogP contribution is -2.19. The molecule has 0 saturated heterocycles. The summed E-state index contributed by atoms with van der Waals surface area (Å²) in [6.45, 7) is 4.54. The van der Waals surface area contributed by atoms with Gasteiger partial charge in [0.25, 0.3) is 0 Å². The molecular weight excluding hydrogens is 214 g/mol. The maximum atomic E-state index is 12.3. The first kappa shape index (κ1) is 12.9. The Labute approximate surface area is 94.2 Å². The molecule has 0 heterocycles. The fourth-order valence-electron chi connectivity index (χ4n) is 1.39. The van der Waals surface area contributed by atoms with Gasteiger partial charge in [-0.2, -0.15) is 8.78 Å². The highest BCUT2D eigenvalue weighted by Gasteiger charge is 2.21. The predicted octanol–water partition coefficient (Wildman–Crippen LogP) is 3.31. The lowest BCUT2D eigenvalue weighted by Gasteiger charge is -2.14. The standard InChI is InChI=1S/C12H16F2O2/c1-9-5-4-6-10(2)11(9)15-7-8-16-12(3,13)14/h4-6H,7-8H2,1-3H3. The molecule has 1 rings (SSSR count). The van der Waals surface area contributed by atoms with E-state index in [1.165, 1.54) is 0 Å². The molecule has 0 aliphatic rings. The monoisotopic (exact) mass is 230 g/mol. The first-order valence-electron chi connectivity index (χ1n) is 5.11. The highest BCUT2D eigenvalue weighted by atomic mass is 19.3. The Kier molecular flexibility index (Phi) is 4.24. The van der Waals surface area contributed by atoms with Gasteiger partial charge in [-0.3, -0.25) is 0 Å². The zero-order chi connectivity index (χ0) is 12.2. The average molecular weight is 230 g/mol. The van der Waals surface area contributed by atoms with Crippen molar-refractivity contribution in [2.45, 2.75) is 26.9 Å². The summed E-state index contributed by atoms with van der Waals surface area (Å²) in [4.78, 5) is 0. The lowest BCUT2D eigenvalue weighted by molar-refractivity contribution is -0.226. The Hall–Kier alpha value is -1.16. The van der Waals surface area contributed by atoms with E-state index < -0.39 is 6.11 Å². The Morgan fingerprint density at radius 1 is 1.12 bits per heavy atom. The number of rotatable bonds is 5. The molecule has 0 aromatic heterocycles. The minimum absolute atomic E-state index is 0.120. The second kappa shape index (κ2) is 5.25. The lowest BCUT2D eigenvalue weighted by atomic mass is 10.1. The van der Waals surface area contributed by atoms with Crippen LogP contribution < -0.4 is 4.74 Å². The number of halogens is 2. The summed E-state index contributed by atoms with van der Waals surface area (Å²) in [7, 11) is 0. The topological polar surface area (TPSA) is 18.5 Å². The maximum absolute atomic E-state index is 12.3. The molecule has 0 unspecified atom stereocenters. The van der Waals surface area contributed by atoms with Crippen molar-refractivity contribution in [2.24, 2.45) is 0 Å². The molecule has 0 bridgehead atoms. The van der Waals surface area contributed by atoms with Crippen molar-refractivity contribution < 1.29 is 18.3 Å². The zero-order valence-electron chi connectivity index (χ0n) is 9.72. The summed E-state index contributed by atoms with van der Waals surface area (Å²) >= 11 is 0. The molecule has 16 heavy (non-hydrogen) atoms. The van der Waals surface area contributed by atoms with Gasteiger partial charge in [0.05, 0.1) is 6.61 Å². The fourth-order valence-corrected chi connectivity index (χ4v) is 1.39. The summed E-state index contributed by atoms with van der Waals surface area (Å²) in [6, 6.07) is 5.75. The van der Waals surface area contributed by atoms with Crippen molar-refractivity contribution >= 4 is 0 Å². The first-order chi connectivity index (χ1) is 7.40. The number of benzene rings is 1. The van der Waals surface area contributed by atoms with Crippen LogP contribution in [-0.2, 0) is 4.74 Å². The van der Waals surface area contributed by atoms with E-state index in [0.29, 0.717) is 6.92 Å². The molecule has 0 saturated carbocycles. The van der Waals surface area contributed by atoms with E-state index in [4.69, 9.17) is 4.74 Å². The summed E-state index contributed by atoms with van der Waals surface area (Å²) < 4.78 is 34.3. The van der Waals surface area contributed by atoms with Gasteiger partial charge in [0.2, 0.25) is 0 Å². The number of hydrogen-bond donors (Lipinski definition) is 0. The molecule has 0 amide bonds. The maximum Gasteiger partial charge on any atom is 0.353 e. The Balaban J connectivity index is 2.43. The molecule has 2 nitrogen and oxygen atoms in total. The smallest absolute Gasteiger partial charge is 0.353 e. The van der Waals surface area contributed by atoms with Crippen LogP contribution in [0.4, 0.5) is 8.78 Å². The molecule has 0 radical (unpaired) electrons. The Morgan fingerprint density at radius 3 is 2.19 bits per heavy atom. The van der Waals surface area contributed by atoms with E-state index in [9.17, 15) is 8.78 Å². The number of aryl methyl sites for hydroxylation is 2. The van der Waals surface area contributed by atoms with Crippen molar-refractivity contribution in [1.82, 2.24) is 0 Å². The highest BCUT2D eigenvalue weighted by molar-refractivity contribution is 5.39. The molecule has 0 fully saturated rings. The van der Waals surface area contributed by atoms with Gasteiger partial charge >= 0.3 is 6.11 Å². The zero-order valence-corrected chi connectivity index (χ0v) is 9.72. The van der Waals surface area contributed by atoms with Crippen LogP contribution in [0.25, 0.3) is 0 Å². The summed E-state index contributed by atoms with van der Waals surface area (Å²) in [6.07, 6.45) is -3.09. The molecule has 1 aromatic carbocycles. The highest BCUT2D eigenvalue weighted by Crippen LogP contribution is 2.22. The van der Waals surface area contributed by atoms with Crippen LogP contribution in [0.1, 0.15) is 18.1 Å². The van der Waals surface area contributed by atoms with Crippen molar-refractivity contribution in [3.63, 3.8) is 0 Å². The van der Waals surface area contributed by atoms with E-state index in [0.717, 1.165) is 16.9 Å². The van der Waals surface area contributed by atoms with Crippen LogP contribution in [0, 0.1) is 13.8 Å². The first-order valence-corrected chi connectivity index (χ1v) is 5.11. The van der Waals surface area contributed by atoms with Gasteiger partial charge in [-0.25, -0.2) is 0 Å². The average Bonchev–Trinajstić information content (AvgIpc) is 2.14. The van der Waals surface area contributed by atoms with E-state index >= 15 is 0 Å². The van der Waals surface area contributed by atoms with E-state index in [2.05, 4.69) is 4.74 Å². The van der Waals surface area contributed by atoms with Gasteiger partial charge in [-0.05, 0) is 25.0 Å². The van der Waals surface area contributed by atoms with Crippen LogP contribution >= 0.6 is 0 Å². The van der Waals surface area contributed by atoms with Gasteiger partial charge in [-0.1, -0.05) is 18.2 Å². The van der Waals surface area contributed by atoms with E-state index in [1.54, 1.807) is 0 Å². The SMILES string of the molecule is Cc1cccc(C)c1OCCOC(C)(F)F. The number of ether oxygens (including phenoxy) is 2. The molecule has 1 aromatic rings. The predicted molar refractivity (Wildman–Crippen MR) is 58.0 cm³/mol. The fraction of sp³-hybridized carbons (Fsp3) is 0.500. The second-order valence-electron chi connectivity index (χ2n) is 3.73. The van der Waals surface area contributed by atoms with Gasteiger partial charge in [-0.15, -0.1) is 0 Å². The molecule has 90 valence electrons. The summed E-state index contributed by atoms with van der Waals surface area (Å²) in [5.74, 6) is 0.741. The Morgan fingerprint density at radius 2 is 1.69 bits per heavy atom. The number of para-hydroxylation sites is 1. The molecule has 0 spiro atoms. The van der Waals surface area contributed by atoms with Crippen molar-refractivity contribution in [3.8, 4) is 5.75 Å². The van der Waals surface area contributed by atoms with Crippen LogP contribution in [0.5, 0.6) is 5.75 Å². The van der Waals surface area contributed by atoms with E-state index in [-0.39, 0.29) is 13.2 Å². The third-order valence-electron chi connectivity index (χ3n) is 2.09. The normalized spacial score (nSPS) is 11.6. The largest absolute Gasteiger partial charge is 0.491 e. The minimum Gasteiger partial charge on any atom is -0.491 e. The van der Waals surface area contributed by atoms with Crippen LogP contribution in [0.3, 0.4) is 0 Å². The number of hydrogen-bond acceptors (Lipinski definition) is 2. The quantitative estimate of drug-likeness (QED) is 0.722. The third kappa shape index (κ3) is 4.14. The van der Waals surface area contributed by atoms with Gasteiger partial charge in [0.15, 0.2) is 0 Å². The molecular formula is C12H16F2O2. The van der Waals surface area contributed by atoms with Crippen LogP contribution in [0.2, 0.25) is 0 Å². The van der Waals surface area contributed by atoms with Crippen LogP contribution in [0.15, 0.2) is 18.2 Å². The Bertz CT molecular complexity index is 325. The molecule has 0 atom stereocenters. The molecule has 4 heteroatoms. The van der Waals surface area contributed by atoms with E-state index in [1.807, 2.05) is 32.0 Å². The van der Waals surface area contributed by atoms with Gasteiger partial charge in [0.1, 0.15) is 12.4 Å². The molecule has 0 aliphatic carbocycles. The number of alkyl halides is 2. The van der Waals surface area contributed by atoms with Gasteiger partial charge in [0, 0.05) is 6.92 Å². The summed E-state index contributed by atoms with van der Waals surface area (Å²) in [5, 5.41) is 0. The minimum atomic E-state index is -3.09. The van der Waals surface area contributed by atoms with Crippen molar-refractivity contribution in [2.75, 3.05) is 13.2 Å². The van der Waals surface area contributed by atoms with Crippen molar-refractivity contribution in [3.05, 3.63) is 29.3 Å². The molecule has 0 N–H and O–H groups in total. The third-order valence-corrected chi connectivity index (χ3v) is 2.09. The second-order valence-corrected chi connectivity index (χ2v) is 3.73. The van der Waals surface area contributed by atoms with Gasteiger partial charge < -0.3 is 9.47 Å². The van der Waals surface area contributed by atoms with Crippen LogP contribution in [-0.4, -0.2) is 19.3 Å². The summed E-state index contributed by atoms with van der Waals surface area (Å²) in [5.41, 5.74) is 1.98. The molecule has 0 aliphatic heterocycles. The van der Waals surface area contributed by atoms with Crippen molar-refractivity contribution in [1.29, 1.82) is 0 Å².